The first-order valence-electron chi connectivity index (χ1n) is 6.73. The average molecular weight is 299 g/mol. The second kappa shape index (κ2) is 6.12. The Morgan fingerprint density at radius 2 is 2.00 bits per heavy atom. The molecule has 0 aliphatic rings. The van der Waals surface area contributed by atoms with E-state index in [0.29, 0.717) is 11.4 Å². The van der Waals surface area contributed by atoms with Crippen molar-refractivity contribution in [2.45, 2.75) is 12.5 Å². The maximum Gasteiger partial charge on any atom is 0.134 e. The van der Waals surface area contributed by atoms with Crippen molar-refractivity contribution in [3.63, 3.8) is 0 Å². The second-order valence-electron chi connectivity index (χ2n) is 4.84. The summed E-state index contributed by atoms with van der Waals surface area (Å²) >= 11 is 6.00. The number of aromatic nitrogens is 1. The van der Waals surface area contributed by atoms with Crippen LogP contribution in [0.4, 0.5) is 0 Å². The zero-order valence-electron chi connectivity index (χ0n) is 11.4. The van der Waals surface area contributed by atoms with Crippen LogP contribution in [0.5, 0.6) is 0 Å². The van der Waals surface area contributed by atoms with Gasteiger partial charge in [0.1, 0.15) is 11.5 Å². The van der Waals surface area contributed by atoms with Gasteiger partial charge in [-0.15, -0.1) is 0 Å². The minimum absolute atomic E-state index is 0.176. The average Bonchev–Trinajstić information content (AvgIpc) is 2.97. The minimum Gasteiger partial charge on any atom is -0.461 e. The molecule has 0 amide bonds. The summed E-state index contributed by atoms with van der Waals surface area (Å²) in [4.78, 5) is 4.27. The molecular formula is C17H15ClN2O. The molecule has 0 aliphatic heterocycles. The van der Waals surface area contributed by atoms with Crippen molar-refractivity contribution in [2.24, 2.45) is 5.73 Å². The number of pyridine rings is 1. The van der Waals surface area contributed by atoms with Crippen molar-refractivity contribution in [3.05, 3.63) is 77.3 Å². The van der Waals surface area contributed by atoms with E-state index in [9.17, 15) is 0 Å². The molecule has 0 spiro atoms. The smallest absolute Gasteiger partial charge is 0.134 e. The molecule has 2 N–H and O–H groups in total. The number of furan rings is 1. The van der Waals surface area contributed by atoms with Crippen LogP contribution in [0, 0.1) is 0 Å². The third-order valence-electron chi connectivity index (χ3n) is 3.26. The molecular weight excluding hydrogens is 284 g/mol. The van der Waals surface area contributed by atoms with Crippen molar-refractivity contribution in [1.29, 1.82) is 0 Å². The van der Waals surface area contributed by atoms with Gasteiger partial charge in [0.05, 0.1) is 11.7 Å². The molecule has 3 nitrogen and oxygen atoms in total. The van der Waals surface area contributed by atoms with Gasteiger partial charge in [0.2, 0.25) is 0 Å². The molecule has 0 bridgehead atoms. The van der Waals surface area contributed by atoms with Gasteiger partial charge in [-0.05, 0) is 36.4 Å². The lowest BCUT2D eigenvalue weighted by atomic mass is 10.1. The highest BCUT2D eigenvalue weighted by atomic mass is 35.5. The van der Waals surface area contributed by atoms with Gasteiger partial charge in [-0.2, -0.15) is 0 Å². The Morgan fingerprint density at radius 3 is 2.76 bits per heavy atom. The molecule has 1 aromatic carbocycles. The van der Waals surface area contributed by atoms with Gasteiger partial charge < -0.3 is 10.2 Å². The number of rotatable bonds is 4. The van der Waals surface area contributed by atoms with Gasteiger partial charge in [-0.1, -0.05) is 29.8 Å². The Hall–Kier alpha value is -2.10. The number of hydrogen-bond acceptors (Lipinski definition) is 3. The van der Waals surface area contributed by atoms with Gasteiger partial charge in [0.25, 0.3) is 0 Å². The SMILES string of the molecule is NC(Cc1ccc(-c2cccc(Cl)c2)o1)c1ccccn1. The van der Waals surface area contributed by atoms with E-state index in [1.165, 1.54) is 0 Å². The topological polar surface area (TPSA) is 52.0 Å². The molecule has 3 aromatic rings. The standard InChI is InChI=1S/C17H15ClN2O/c18-13-5-3-4-12(10-13)17-8-7-14(21-17)11-15(19)16-6-1-2-9-20-16/h1-10,15H,11,19H2. The Bertz CT molecular complexity index is 724. The summed E-state index contributed by atoms with van der Waals surface area (Å²) in [7, 11) is 0. The molecule has 2 heterocycles. The number of nitrogens with zero attached hydrogens (tertiary/aromatic N) is 1. The first kappa shape index (κ1) is 13.9. The van der Waals surface area contributed by atoms with E-state index in [0.717, 1.165) is 22.8 Å². The van der Waals surface area contributed by atoms with E-state index < -0.39 is 0 Å². The van der Waals surface area contributed by atoms with Gasteiger partial charge in [-0.3, -0.25) is 4.98 Å². The van der Waals surface area contributed by atoms with Crippen molar-refractivity contribution in [1.82, 2.24) is 4.98 Å². The van der Waals surface area contributed by atoms with Crippen LogP contribution in [0.25, 0.3) is 11.3 Å². The van der Waals surface area contributed by atoms with Crippen LogP contribution in [-0.2, 0) is 6.42 Å². The first-order valence-corrected chi connectivity index (χ1v) is 7.11. The molecule has 3 rings (SSSR count). The van der Waals surface area contributed by atoms with Crippen LogP contribution in [0.1, 0.15) is 17.5 Å². The molecule has 0 fully saturated rings. The summed E-state index contributed by atoms with van der Waals surface area (Å²) in [5, 5.41) is 0.690. The van der Waals surface area contributed by atoms with Crippen LogP contribution in [-0.4, -0.2) is 4.98 Å². The van der Waals surface area contributed by atoms with Gasteiger partial charge in [0.15, 0.2) is 0 Å². The first-order chi connectivity index (χ1) is 10.2. The highest BCUT2D eigenvalue weighted by molar-refractivity contribution is 6.30. The van der Waals surface area contributed by atoms with Crippen LogP contribution >= 0.6 is 11.6 Å². The highest BCUT2D eigenvalue weighted by Gasteiger charge is 2.12. The zero-order chi connectivity index (χ0) is 14.7. The molecule has 0 saturated carbocycles. The molecule has 0 aliphatic carbocycles. The third kappa shape index (κ3) is 3.32. The summed E-state index contributed by atoms with van der Waals surface area (Å²) in [6.45, 7) is 0. The molecule has 106 valence electrons. The van der Waals surface area contributed by atoms with E-state index >= 15 is 0 Å². The molecule has 0 radical (unpaired) electrons. The number of hydrogen-bond donors (Lipinski definition) is 1. The third-order valence-corrected chi connectivity index (χ3v) is 3.49. The Labute approximate surface area is 128 Å². The number of benzene rings is 1. The van der Waals surface area contributed by atoms with Crippen LogP contribution in [0.15, 0.2) is 65.2 Å². The van der Waals surface area contributed by atoms with E-state index in [2.05, 4.69) is 4.98 Å². The minimum atomic E-state index is -0.176. The lowest BCUT2D eigenvalue weighted by Gasteiger charge is -2.08. The normalized spacial score (nSPS) is 12.3. The molecule has 2 aromatic heterocycles. The molecule has 0 saturated heterocycles. The van der Waals surface area contributed by atoms with Crippen LogP contribution in [0.2, 0.25) is 5.02 Å². The van der Waals surface area contributed by atoms with Gasteiger partial charge in [-0.25, -0.2) is 0 Å². The Kier molecular flexibility index (Phi) is 4.04. The summed E-state index contributed by atoms with van der Waals surface area (Å²) < 4.78 is 5.85. The summed E-state index contributed by atoms with van der Waals surface area (Å²) in [5.74, 6) is 1.63. The summed E-state index contributed by atoms with van der Waals surface area (Å²) in [6, 6.07) is 17.0. The van der Waals surface area contributed by atoms with Crippen molar-refractivity contribution in [2.75, 3.05) is 0 Å². The van der Waals surface area contributed by atoms with Crippen LogP contribution < -0.4 is 5.73 Å². The fourth-order valence-electron chi connectivity index (χ4n) is 2.20. The fourth-order valence-corrected chi connectivity index (χ4v) is 2.39. The Morgan fingerprint density at radius 1 is 1.10 bits per heavy atom. The quantitative estimate of drug-likeness (QED) is 0.784. The van der Waals surface area contributed by atoms with Crippen molar-refractivity contribution < 1.29 is 4.42 Å². The van der Waals surface area contributed by atoms with E-state index in [1.807, 2.05) is 54.6 Å². The van der Waals surface area contributed by atoms with Gasteiger partial charge >= 0.3 is 0 Å². The molecule has 21 heavy (non-hydrogen) atoms. The van der Waals surface area contributed by atoms with Gasteiger partial charge in [0, 0.05) is 23.2 Å². The molecule has 4 heteroatoms. The van der Waals surface area contributed by atoms with Crippen LogP contribution in [0.3, 0.4) is 0 Å². The monoisotopic (exact) mass is 298 g/mol. The maximum atomic E-state index is 6.16. The van der Waals surface area contributed by atoms with Crippen molar-refractivity contribution in [3.8, 4) is 11.3 Å². The highest BCUT2D eigenvalue weighted by Crippen LogP contribution is 2.26. The Balaban J connectivity index is 1.76. The van der Waals surface area contributed by atoms with E-state index in [4.69, 9.17) is 21.8 Å². The molecule has 1 unspecified atom stereocenters. The predicted molar refractivity (Wildman–Crippen MR) is 84.0 cm³/mol. The number of nitrogens with two attached hydrogens (primary N) is 1. The predicted octanol–water partition coefficient (Wildman–Crippen LogP) is 4.24. The molecule has 1 atom stereocenters. The maximum absolute atomic E-state index is 6.16. The van der Waals surface area contributed by atoms with E-state index in [1.54, 1.807) is 6.20 Å². The van der Waals surface area contributed by atoms with Crippen molar-refractivity contribution >= 4 is 11.6 Å². The summed E-state index contributed by atoms with van der Waals surface area (Å²) in [6.07, 6.45) is 2.35. The fraction of sp³-hybridized carbons (Fsp3) is 0.118. The zero-order valence-corrected chi connectivity index (χ0v) is 12.1. The van der Waals surface area contributed by atoms with E-state index in [-0.39, 0.29) is 6.04 Å². The lowest BCUT2D eigenvalue weighted by molar-refractivity contribution is 0.496. The largest absolute Gasteiger partial charge is 0.461 e. The number of halogens is 1. The lowest BCUT2D eigenvalue weighted by Crippen LogP contribution is -2.14. The summed E-state index contributed by atoms with van der Waals surface area (Å²) in [5.41, 5.74) is 7.97. The second-order valence-corrected chi connectivity index (χ2v) is 5.28.